The van der Waals surface area contributed by atoms with E-state index in [9.17, 15) is 0 Å². The topological polar surface area (TPSA) is 56.7 Å². The predicted molar refractivity (Wildman–Crippen MR) is 64.0 cm³/mol. The SMILES string of the molecule is Cc1cnc2c(c1)nc(N)n2CCC1CC1. The van der Waals surface area contributed by atoms with Gasteiger partial charge in [0.25, 0.3) is 0 Å². The van der Waals surface area contributed by atoms with Crippen molar-refractivity contribution in [3.8, 4) is 0 Å². The molecule has 2 aromatic heterocycles. The largest absolute Gasteiger partial charge is 0.369 e. The third-order valence-corrected chi connectivity index (χ3v) is 3.21. The summed E-state index contributed by atoms with van der Waals surface area (Å²) >= 11 is 0. The van der Waals surface area contributed by atoms with E-state index >= 15 is 0 Å². The molecule has 2 heterocycles. The highest BCUT2D eigenvalue weighted by Crippen LogP contribution is 2.33. The summed E-state index contributed by atoms with van der Waals surface area (Å²) in [6.45, 7) is 2.97. The fourth-order valence-corrected chi connectivity index (χ4v) is 2.07. The molecule has 4 nitrogen and oxygen atoms in total. The van der Waals surface area contributed by atoms with Crippen LogP contribution in [0.4, 0.5) is 5.95 Å². The van der Waals surface area contributed by atoms with E-state index in [0.29, 0.717) is 5.95 Å². The van der Waals surface area contributed by atoms with Gasteiger partial charge in [0.2, 0.25) is 5.95 Å². The molecule has 2 aromatic rings. The van der Waals surface area contributed by atoms with Gasteiger partial charge in [0, 0.05) is 12.7 Å². The number of nitrogens with zero attached hydrogens (tertiary/aromatic N) is 3. The van der Waals surface area contributed by atoms with Gasteiger partial charge in [-0.2, -0.15) is 0 Å². The molecule has 0 aromatic carbocycles. The summed E-state index contributed by atoms with van der Waals surface area (Å²) in [6, 6.07) is 2.03. The molecular weight excluding hydrogens is 200 g/mol. The Hall–Kier alpha value is -1.58. The van der Waals surface area contributed by atoms with Crippen LogP contribution in [0.15, 0.2) is 12.3 Å². The van der Waals surface area contributed by atoms with Crippen molar-refractivity contribution in [1.82, 2.24) is 14.5 Å². The molecule has 0 radical (unpaired) electrons. The van der Waals surface area contributed by atoms with Crippen LogP contribution in [-0.2, 0) is 6.54 Å². The summed E-state index contributed by atoms with van der Waals surface area (Å²) in [4.78, 5) is 8.77. The van der Waals surface area contributed by atoms with Gasteiger partial charge in [-0.15, -0.1) is 0 Å². The highest BCUT2D eigenvalue weighted by atomic mass is 15.2. The van der Waals surface area contributed by atoms with Crippen molar-refractivity contribution < 1.29 is 0 Å². The molecule has 4 heteroatoms. The van der Waals surface area contributed by atoms with E-state index in [2.05, 4.69) is 9.97 Å². The normalized spacial score (nSPS) is 15.8. The summed E-state index contributed by atoms with van der Waals surface area (Å²) in [5, 5.41) is 0. The molecule has 0 spiro atoms. The van der Waals surface area contributed by atoms with Crippen LogP contribution in [0.5, 0.6) is 0 Å². The lowest BCUT2D eigenvalue weighted by atomic mass is 10.3. The van der Waals surface area contributed by atoms with Gasteiger partial charge in [0.1, 0.15) is 5.52 Å². The molecule has 2 N–H and O–H groups in total. The van der Waals surface area contributed by atoms with E-state index in [1.165, 1.54) is 19.3 Å². The van der Waals surface area contributed by atoms with E-state index < -0.39 is 0 Å². The minimum Gasteiger partial charge on any atom is -0.369 e. The summed E-state index contributed by atoms with van der Waals surface area (Å²) in [7, 11) is 0. The highest BCUT2D eigenvalue weighted by Gasteiger charge is 2.21. The van der Waals surface area contributed by atoms with Gasteiger partial charge in [-0.3, -0.25) is 4.57 Å². The van der Waals surface area contributed by atoms with Crippen LogP contribution in [0.1, 0.15) is 24.8 Å². The number of pyridine rings is 1. The smallest absolute Gasteiger partial charge is 0.202 e. The van der Waals surface area contributed by atoms with E-state index in [0.717, 1.165) is 29.2 Å². The lowest BCUT2D eigenvalue weighted by Crippen LogP contribution is -2.04. The number of nitrogens with two attached hydrogens (primary N) is 1. The maximum absolute atomic E-state index is 5.92. The maximum atomic E-state index is 5.92. The molecule has 0 aliphatic heterocycles. The number of aryl methyl sites for hydroxylation is 2. The van der Waals surface area contributed by atoms with E-state index in [-0.39, 0.29) is 0 Å². The van der Waals surface area contributed by atoms with Crippen molar-refractivity contribution in [3.63, 3.8) is 0 Å². The molecule has 0 unspecified atom stereocenters. The van der Waals surface area contributed by atoms with Crippen LogP contribution in [0, 0.1) is 12.8 Å². The maximum Gasteiger partial charge on any atom is 0.202 e. The number of fused-ring (bicyclic) bond motifs is 1. The van der Waals surface area contributed by atoms with Gasteiger partial charge in [0.05, 0.1) is 0 Å². The van der Waals surface area contributed by atoms with Crippen LogP contribution >= 0.6 is 0 Å². The number of hydrogen-bond acceptors (Lipinski definition) is 3. The molecule has 0 amide bonds. The summed E-state index contributed by atoms with van der Waals surface area (Å²) in [5.41, 5.74) is 8.88. The Bertz CT molecular complexity index is 525. The van der Waals surface area contributed by atoms with Crippen molar-refractivity contribution in [1.29, 1.82) is 0 Å². The standard InChI is InChI=1S/C12H16N4/c1-8-6-10-11(14-7-8)16(12(13)15-10)5-4-9-2-3-9/h6-7,9H,2-5H2,1H3,(H2,13,15). The number of rotatable bonds is 3. The second kappa shape index (κ2) is 3.47. The van der Waals surface area contributed by atoms with Crippen molar-refractivity contribution in [2.75, 3.05) is 5.73 Å². The van der Waals surface area contributed by atoms with Crippen LogP contribution < -0.4 is 5.73 Å². The Labute approximate surface area is 94.5 Å². The Morgan fingerprint density at radius 2 is 2.31 bits per heavy atom. The van der Waals surface area contributed by atoms with Gasteiger partial charge in [-0.05, 0) is 30.9 Å². The zero-order valence-corrected chi connectivity index (χ0v) is 9.48. The molecule has 84 valence electrons. The molecule has 0 saturated heterocycles. The molecule has 1 fully saturated rings. The summed E-state index contributed by atoms with van der Waals surface area (Å²) < 4.78 is 2.03. The second-order valence-electron chi connectivity index (χ2n) is 4.71. The summed E-state index contributed by atoms with van der Waals surface area (Å²) in [5.74, 6) is 1.50. The van der Waals surface area contributed by atoms with Crippen molar-refractivity contribution in [2.24, 2.45) is 5.92 Å². The Kier molecular flexibility index (Phi) is 2.09. The monoisotopic (exact) mass is 216 g/mol. The summed E-state index contributed by atoms with van der Waals surface area (Å²) in [6.07, 6.45) is 5.82. The molecule has 3 rings (SSSR count). The van der Waals surface area contributed by atoms with Crippen LogP contribution in [0.2, 0.25) is 0 Å². The Morgan fingerprint density at radius 3 is 3.06 bits per heavy atom. The molecule has 0 bridgehead atoms. The first-order valence-electron chi connectivity index (χ1n) is 5.82. The first-order chi connectivity index (χ1) is 7.74. The zero-order chi connectivity index (χ0) is 11.1. The van der Waals surface area contributed by atoms with Crippen LogP contribution in [-0.4, -0.2) is 14.5 Å². The molecular formula is C12H16N4. The highest BCUT2D eigenvalue weighted by molar-refractivity contribution is 5.74. The number of hydrogen-bond donors (Lipinski definition) is 1. The number of aromatic nitrogens is 3. The number of nitrogen functional groups attached to an aromatic ring is 1. The lowest BCUT2D eigenvalue weighted by Gasteiger charge is -2.04. The molecule has 16 heavy (non-hydrogen) atoms. The lowest BCUT2D eigenvalue weighted by molar-refractivity contribution is 0.611. The fourth-order valence-electron chi connectivity index (χ4n) is 2.07. The van der Waals surface area contributed by atoms with Gasteiger partial charge < -0.3 is 5.73 Å². The average molecular weight is 216 g/mol. The minimum absolute atomic E-state index is 0.591. The first-order valence-corrected chi connectivity index (χ1v) is 5.82. The second-order valence-corrected chi connectivity index (χ2v) is 4.71. The van der Waals surface area contributed by atoms with Crippen molar-refractivity contribution >= 4 is 17.1 Å². The molecule has 1 aliphatic carbocycles. The van der Waals surface area contributed by atoms with E-state index in [1.54, 1.807) is 0 Å². The van der Waals surface area contributed by atoms with Crippen LogP contribution in [0.3, 0.4) is 0 Å². The zero-order valence-electron chi connectivity index (χ0n) is 9.48. The van der Waals surface area contributed by atoms with Crippen molar-refractivity contribution in [2.45, 2.75) is 32.7 Å². The predicted octanol–water partition coefficient (Wildman–Crippen LogP) is 2.12. The molecule has 0 atom stereocenters. The first kappa shape index (κ1) is 9.63. The average Bonchev–Trinajstić information content (AvgIpc) is 3.00. The van der Waals surface area contributed by atoms with Gasteiger partial charge in [-0.25, -0.2) is 9.97 Å². The quantitative estimate of drug-likeness (QED) is 0.855. The fraction of sp³-hybridized carbons (Fsp3) is 0.500. The molecule has 1 saturated carbocycles. The van der Waals surface area contributed by atoms with Gasteiger partial charge in [0.15, 0.2) is 5.65 Å². The third kappa shape index (κ3) is 1.64. The number of imidazole rings is 1. The van der Waals surface area contributed by atoms with E-state index in [1.807, 2.05) is 23.8 Å². The molecule has 1 aliphatic rings. The Morgan fingerprint density at radius 1 is 1.50 bits per heavy atom. The van der Waals surface area contributed by atoms with Gasteiger partial charge in [-0.1, -0.05) is 12.8 Å². The third-order valence-electron chi connectivity index (χ3n) is 3.21. The van der Waals surface area contributed by atoms with Crippen molar-refractivity contribution in [3.05, 3.63) is 17.8 Å². The Balaban J connectivity index is 1.97. The van der Waals surface area contributed by atoms with E-state index in [4.69, 9.17) is 5.73 Å². The minimum atomic E-state index is 0.591. The number of anilines is 1. The van der Waals surface area contributed by atoms with Gasteiger partial charge >= 0.3 is 0 Å². The van der Waals surface area contributed by atoms with Crippen LogP contribution in [0.25, 0.3) is 11.2 Å².